The molecule has 1 aliphatic carbocycles. The summed E-state index contributed by atoms with van der Waals surface area (Å²) in [6, 6.07) is 42.7. The minimum atomic E-state index is -0.369. The summed E-state index contributed by atoms with van der Waals surface area (Å²) in [5.74, 6) is 0. The molecule has 0 saturated carbocycles. The molecule has 1 aliphatic heterocycles. The highest BCUT2D eigenvalue weighted by atomic mass is 32.2. The molecule has 0 unspecified atom stereocenters. The highest BCUT2D eigenvalue weighted by molar-refractivity contribution is 7.99. The van der Waals surface area contributed by atoms with Crippen molar-refractivity contribution >= 4 is 33.3 Å². The quantitative estimate of drug-likeness (QED) is 0.212. The topological polar surface area (TPSA) is 12.9 Å². The van der Waals surface area contributed by atoms with Crippen molar-refractivity contribution in [1.82, 2.24) is 4.98 Å². The van der Waals surface area contributed by atoms with Crippen molar-refractivity contribution in [3.8, 4) is 10.6 Å². The SMILES string of the molecule is CC1(C)c2ccccc2C2(c3ccccc3Sc3ccccc32)c2ccc(-c3nc4ccccc4s3)cc21. The molecule has 5 aromatic carbocycles. The van der Waals surface area contributed by atoms with Crippen molar-refractivity contribution in [2.45, 2.75) is 34.5 Å². The largest absolute Gasteiger partial charge is 0.236 e. The fourth-order valence-corrected chi connectivity index (χ4v) is 8.89. The fraction of sp³-hybridized carbons (Fsp3) is 0.114. The lowest BCUT2D eigenvalue weighted by atomic mass is 9.54. The predicted molar refractivity (Wildman–Crippen MR) is 160 cm³/mol. The fourth-order valence-electron chi connectivity index (χ4n) is 6.74. The minimum Gasteiger partial charge on any atom is -0.236 e. The number of hydrogen-bond acceptors (Lipinski definition) is 3. The molecule has 0 atom stereocenters. The van der Waals surface area contributed by atoms with E-state index in [-0.39, 0.29) is 10.8 Å². The van der Waals surface area contributed by atoms with Crippen molar-refractivity contribution in [3.05, 3.63) is 149 Å². The average Bonchev–Trinajstić information content (AvgIpc) is 3.40. The van der Waals surface area contributed by atoms with E-state index in [0.717, 1.165) is 10.5 Å². The number of rotatable bonds is 1. The highest BCUT2D eigenvalue weighted by Crippen LogP contribution is 2.61. The molecule has 0 amide bonds. The molecule has 8 rings (SSSR count). The summed E-state index contributed by atoms with van der Waals surface area (Å²) in [5.41, 5.74) is 10.0. The monoisotopic (exact) mass is 523 g/mol. The third-order valence-electron chi connectivity index (χ3n) is 8.44. The molecule has 0 saturated heterocycles. The van der Waals surface area contributed by atoms with Crippen LogP contribution in [0.15, 0.2) is 125 Å². The van der Waals surface area contributed by atoms with Crippen molar-refractivity contribution in [2.75, 3.05) is 0 Å². The second-order valence-corrected chi connectivity index (χ2v) is 12.9. The van der Waals surface area contributed by atoms with E-state index in [1.807, 2.05) is 11.8 Å². The van der Waals surface area contributed by atoms with Crippen LogP contribution < -0.4 is 0 Å². The zero-order valence-corrected chi connectivity index (χ0v) is 22.9. The van der Waals surface area contributed by atoms with E-state index in [1.165, 1.54) is 53.4 Å². The molecule has 182 valence electrons. The molecule has 2 aliphatic rings. The second kappa shape index (κ2) is 7.92. The molecular weight excluding hydrogens is 499 g/mol. The van der Waals surface area contributed by atoms with Gasteiger partial charge in [0.05, 0.1) is 15.6 Å². The van der Waals surface area contributed by atoms with Crippen LogP contribution in [0.4, 0.5) is 0 Å². The van der Waals surface area contributed by atoms with E-state index in [9.17, 15) is 0 Å². The Kier molecular flexibility index (Phi) is 4.66. The zero-order valence-electron chi connectivity index (χ0n) is 21.2. The Morgan fingerprint density at radius 1 is 0.553 bits per heavy atom. The Hall–Kier alpha value is -3.66. The van der Waals surface area contributed by atoms with Gasteiger partial charge in [-0.2, -0.15) is 0 Å². The number of benzene rings is 5. The number of aromatic nitrogens is 1. The Labute approximate surface area is 231 Å². The van der Waals surface area contributed by atoms with E-state index in [1.54, 1.807) is 11.3 Å². The summed E-state index contributed by atoms with van der Waals surface area (Å²) < 4.78 is 1.23. The summed E-state index contributed by atoms with van der Waals surface area (Å²) >= 11 is 3.67. The lowest BCUT2D eigenvalue weighted by Gasteiger charge is -2.50. The van der Waals surface area contributed by atoms with E-state index in [4.69, 9.17) is 4.98 Å². The molecule has 0 N–H and O–H groups in total. The van der Waals surface area contributed by atoms with Crippen LogP contribution in [0.3, 0.4) is 0 Å². The molecule has 1 nitrogen and oxygen atoms in total. The van der Waals surface area contributed by atoms with Crippen molar-refractivity contribution < 1.29 is 0 Å². The summed E-state index contributed by atoms with van der Waals surface area (Å²) in [5, 5.41) is 1.08. The van der Waals surface area contributed by atoms with Gasteiger partial charge >= 0.3 is 0 Å². The minimum absolute atomic E-state index is 0.154. The molecule has 38 heavy (non-hydrogen) atoms. The van der Waals surface area contributed by atoms with Gasteiger partial charge in [-0.1, -0.05) is 111 Å². The molecule has 2 heterocycles. The number of fused-ring (bicyclic) bond motifs is 9. The van der Waals surface area contributed by atoms with Crippen molar-refractivity contribution in [1.29, 1.82) is 0 Å². The molecule has 0 fully saturated rings. The van der Waals surface area contributed by atoms with Crippen LogP contribution in [0.25, 0.3) is 20.8 Å². The Bertz CT molecular complexity index is 1820. The summed E-state index contributed by atoms with van der Waals surface area (Å²) in [6.45, 7) is 4.77. The molecule has 1 aromatic heterocycles. The van der Waals surface area contributed by atoms with Crippen LogP contribution in [-0.4, -0.2) is 4.98 Å². The van der Waals surface area contributed by atoms with Gasteiger partial charge in [-0.05, 0) is 63.7 Å². The van der Waals surface area contributed by atoms with E-state index < -0.39 is 0 Å². The summed E-state index contributed by atoms with van der Waals surface area (Å²) in [4.78, 5) is 7.69. The number of thiazole rings is 1. The molecule has 1 spiro atoms. The number of nitrogens with zero attached hydrogens (tertiary/aromatic N) is 1. The number of hydrogen-bond donors (Lipinski definition) is 0. The molecule has 0 bridgehead atoms. The maximum absolute atomic E-state index is 5.02. The molecular formula is C35H25NS2. The van der Waals surface area contributed by atoms with Gasteiger partial charge in [0, 0.05) is 20.8 Å². The first-order valence-electron chi connectivity index (χ1n) is 13.1. The van der Waals surface area contributed by atoms with Crippen LogP contribution >= 0.6 is 23.1 Å². The van der Waals surface area contributed by atoms with Gasteiger partial charge in [-0.15, -0.1) is 11.3 Å². The third-order valence-corrected chi connectivity index (χ3v) is 10.7. The van der Waals surface area contributed by atoms with Gasteiger partial charge in [0.1, 0.15) is 5.01 Å². The van der Waals surface area contributed by atoms with Crippen LogP contribution in [-0.2, 0) is 10.8 Å². The lowest BCUT2D eigenvalue weighted by Crippen LogP contribution is -2.43. The predicted octanol–water partition coefficient (Wildman–Crippen LogP) is 9.45. The van der Waals surface area contributed by atoms with Crippen LogP contribution in [0, 0.1) is 0 Å². The second-order valence-electron chi connectivity index (χ2n) is 10.8. The third kappa shape index (κ3) is 2.86. The Balaban J connectivity index is 1.49. The van der Waals surface area contributed by atoms with Gasteiger partial charge < -0.3 is 0 Å². The van der Waals surface area contributed by atoms with Crippen LogP contribution in [0.1, 0.15) is 47.2 Å². The number of para-hydroxylation sites is 1. The first kappa shape index (κ1) is 22.3. The van der Waals surface area contributed by atoms with Gasteiger partial charge in [-0.3, -0.25) is 0 Å². The lowest BCUT2D eigenvalue weighted by molar-refractivity contribution is 0.549. The van der Waals surface area contributed by atoms with E-state index in [2.05, 4.69) is 129 Å². The van der Waals surface area contributed by atoms with Gasteiger partial charge in [-0.25, -0.2) is 4.98 Å². The molecule has 0 radical (unpaired) electrons. The average molecular weight is 524 g/mol. The molecule has 3 heteroatoms. The van der Waals surface area contributed by atoms with Crippen LogP contribution in [0.2, 0.25) is 0 Å². The van der Waals surface area contributed by atoms with E-state index >= 15 is 0 Å². The van der Waals surface area contributed by atoms with Gasteiger partial charge in [0.15, 0.2) is 0 Å². The summed E-state index contributed by atoms with van der Waals surface area (Å²) in [7, 11) is 0. The normalized spacial score (nSPS) is 15.9. The van der Waals surface area contributed by atoms with Crippen molar-refractivity contribution in [2.24, 2.45) is 0 Å². The van der Waals surface area contributed by atoms with Crippen LogP contribution in [0.5, 0.6) is 0 Å². The van der Waals surface area contributed by atoms with E-state index in [0.29, 0.717) is 0 Å². The zero-order chi connectivity index (χ0) is 25.5. The Morgan fingerprint density at radius 3 is 1.84 bits per heavy atom. The first-order chi connectivity index (χ1) is 18.6. The highest BCUT2D eigenvalue weighted by Gasteiger charge is 2.52. The van der Waals surface area contributed by atoms with Gasteiger partial charge in [0.25, 0.3) is 0 Å². The first-order valence-corrected chi connectivity index (χ1v) is 14.7. The molecule has 6 aromatic rings. The van der Waals surface area contributed by atoms with Gasteiger partial charge in [0.2, 0.25) is 0 Å². The van der Waals surface area contributed by atoms with Crippen molar-refractivity contribution in [3.63, 3.8) is 0 Å². The maximum atomic E-state index is 5.02. The summed E-state index contributed by atoms with van der Waals surface area (Å²) in [6.07, 6.45) is 0. The maximum Gasteiger partial charge on any atom is 0.124 e. The Morgan fingerprint density at radius 2 is 1.13 bits per heavy atom. The standard InChI is InChI=1S/C35H25NS2/c1-34(2)23-11-3-4-12-24(23)35(26-13-5-8-16-30(26)37-31-17-9-6-14-27(31)35)25-20-19-22(21-28(25)34)33-36-29-15-7-10-18-32(29)38-33/h3-21H,1-2H3. The smallest absolute Gasteiger partial charge is 0.124 e.